The van der Waals surface area contributed by atoms with Crippen LogP contribution in [0.5, 0.6) is 0 Å². The third kappa shape index (κ3) is 4.66. The third-order valence-electron chi connectivity index (χ3n) is 4.71. The summed E-state index contributed by atoms with van der Waals surface area (Å²) >= 11 is 5.42. The summed E-state index contributed by atoms with van der Waals surface area (Å²) in [6.45, 7) is 5.02. The van der Waals surface area contributed by atoms with Gasteiger partial charge in [-0.2, -0.15) is 4.31 Å². The number of sulfonamides is 1. The SMILES string of the molecule is Cc1ccc(NC(=S)Nc2ccccc2C)c(S(=O)(=O)N2CCCCC2)c1. The molecule has 144 valence electrons. The first kappa shape index (κ1) is 19.8. The fourth-order valence-corrected chi connectivity index (χ4v) is 5.15. The molecule has 1 saturated heterocycles. The van der Waals surface area contributed by atoms with Gasteiger partial charge in [0.25, 0.3) is 0 Å². The van der Waals surface area contributed by atoms with Crippen molar-refractivity contribution in [2.75, 3.05) is 23.7 Å². The molecule has 0 saturated carbocycles. The van der Waals surface area contributed by atoms with E-state index in [1.165, 1.54) is 0 Å². The molecule has 1 fully saturated rings. The summed E-state index contributed by atoms with van der Waals surface area (Å²) in [7, 11) is -3.56. The molecule has 0 radical (unpaired) electrons. The number of para-hydroxylation sites is 1. The average Bonchev–Trinajstić information content (AvgIpc) is 2.66. The molecule has 0 amide bonds. The lowest BCUT2D eigenvalue weighted by Crippen LogP contribution is -2.36. The Kier molecular flexibility index (Phi) is 6.14. The summed E-state index contributed by atoms with van der Waals surface area (Å²) in [6, 6.07) is 13.2. The van der Waals surface area contributed by atoms with Crippen molar-refractivity contribution in [2.45, 2.75) is 38.0 Å². The summed E-state index contributed by atoms with van der Waals surface area (Å²) < 4.78 is 27.9. The first-order chi connectivity index (χ1) is 12.9. The van der Waals surface area contributed by atoms with Crippen molar-refractivity contribution in [1.29, 1.82) is 0 Å². The van der Waals surface area contributed by atoms with Crippen molar-refractivity contribution in [2.24, 2.45) is 0 Å². The number of anilines is 2. The summed E-state index contributed by atoms with van der Waals surface area (Å²) in [5.74, 6) is 0. The number of nitrogens with zero attached hydrogens (tertiary/aromatic N) is 1. The van der Waals surface area contributed by atoms with E-state index in [1.54, 1.807) is 16.4 Å². The topological polar surface area (TPSA) is 61.4 Å². The second kappa shape index (κ2) is 8.37. The monoisotopic (exact) mass is 403 g/mol. The minimum atomic E-state index is -3.56. The van der Waals surface area contributed by atoms with Gasteiger partial charge in [0.1, 0.15) is 4.90 Å². The quantitative estimate of drug-likeness (QED) is 0.746. The van der Waals surface area contributed by atoms with Crippen molar-refractivity contribution in [3.05, 3.63) is 53.6 Å². The molecule has 1 heterocycles. The van der Waals surface area contributed by atoms with E-state index in [-0.39, 0.29) is 4.90 Å². The van der Waals surface area contributed by atoms with Gasteiger partial charge in [-0.05, 0) is 68.2 Å². The zero-order valence-corrected chi connectivity index (χ0v) is 17.3. The van der Waals surface area contributed by atoms with Gasteiger partial charge in [0, 0.05) is 18.8 Å². The summed E-state index contributed by atoms with van der Waals surface area (Å²) in [6.07, 6.45) is 2.89. The fraction of sp³-hybridized carbons (Fsp3) is 0.350. The number of nitrogens with one attached hydrogen (secondary N) is 2. The second-order valence-corrected chi connectivity index (χ2v) is 9.17. The van der Waals surface area contributed by atoms with Gasteiger partial charge in [-0.25, -0.2) is 8.42 Å². The molecule has 0 aliphatic carbocycles. The van der Waals surface area contributed by atoms with E-state index in [4.69, 9.17) is 12.2 Å². The maximum Gasteiger partial charge on any atom is 0.245 e. The van der Waals surface area contributed by atoms with Crippen LogP contribution in [0.2, 0.25) is 0 Å². The van der Waals surface area contributed by atoms with Crippen LogP contribution in [0, 0.1) is 13.8 Å². The van der Waals surface area contributed by atoms with Crippen LogP contribution >= 0.6 is 12.2 Å². The summed E-state index contributed by atoms with van der Waals surface area (Å²) in [5, 5.41) is 6.58. The first-order valence-corrected chi connectivity index (χ1v) is 11.0. The highest BCUT2D eigenvalue weighted by Crippen LogP contribution is 2.28. The standard InChI is InChI=1S/C20H25N3O2S2/c1-15-10-11-18(22-20(26)21-17-9-5-4-8-16(17)2)19(14-15)27(24,25)23-12-6-3-7-13-23/h4-5,8-11,14H,3,6-7,12-13H2,1-2H3,(H2,21,22,26). The van der Waals surface area contributed by atoms with Crippen LogP contribution in [0.4, 0.5) is 11.4 Å². The minimum Gasteiger partial charge on any atom is -0.332 e. The lowest BCUT2D eigenvalue weighted by atomic mass is 10.2. The molecule has 0 spiro atoms. The Morgan fingerprint density at radius 1 is 0.963 bits per heavy atom. The molecule has 2 aromatic rings. The Morgan fingerprint density at radius 3 is 2.33 bits per heavy atom. The van der Waals surface area contributed by atoms with E-state index in [0.717, 1.165) is 36.1 Å². The first-order valence-electron chi connectivity index (χ1n) is 9.12. The van der Waals surface area contributed by atoms with E-state index < -0.39 is 10.0 Å². The molecule has 0 aromatic heterocycles. The zero-order chi connectivity index (χ0) is 19.4. The Morgan fingerprint density at radius 2 is 1.63 bits per heavy atom. The van der Waals surface area contributed by atoms with Crippen molar-refractivity contribution >= 4 is 38.7 Å². The number of benzene rings is 2. The molecule has 7 heteroatoms. The molecule has 0 unspecified atom stereocenters. The van der Waals surface area contributed by atoms with Crippen LogP contribution in [0.3, 0.4) is 0 Å². The van der Waals surface area contributed by atoms with E-state index in [1.807, 2.05) is 44.2 Å². The number of hydrogen-bond acceptors (Lipinski definition) is 3. The predicted octanol–water partition coefficient (Wildman–Crippen LogP) is 4.29. The molecule has 2 aromatic carbocycles. The lowest BCUT2D eigenvalue weighted by molar-refractivity contribution is 0.347. The number of aryl methyl sites for hydroxylation is 2. The van der Waals surface area contributed by atoms with E-state index in [0.29, 0.717) is 23.9 Å². The van der Waals surface area contributed by atoms with Crippen LogP contribution in [0.1, 0.15) is 30.4 Å². The molecule has 1 aliphatic heterocycles. The number of piperidine rings is 1. The summed E-state index contributed by atoms with van der Waals surface area (Å²) in [5.41, 5.74) is 3.35. The van der Waals surface area contributed by atoms with Crippen LogP contribution in [-0.4, -0.2) is 30.9 Å². The third-order valence-corrected chi connectivity index (χ3v) is 6.85. The number of hydrogen-bond donors (Lipinski definition) is 2. The highest BCUT2D eigenvalue weighted by molar-refractivity contribution is 7.89. The van der Waals surface area contributed by atoms with Crippen molar-refractivity contribution < 1.29 is 8.42 Å². The number of rotatable bonds is 4. The van der Waals surface area contributed by atoms with Gasteiger partial charge in [0.15, 0.2) is 5.11 Å². The second-order valence-electron chi connectivity index (χ2n) is 6.86. The molecule has 5 nitrogen and oxygen atoms in total. The van der Waals surface area contributed by atoms with Crippen molar-refractivity contribution in [3.8, 4) is 0 Å². The molecule has 1 aliphatic rings. The molecular formula is C20H25N3O2S2. The fourth-order valence-electron chi connectivity index (χ4n) is 3.18. The largest absolute Gasteiger partial charge is 0.332 e. The van der Waals surface area contributed by atoms with Crippen LogP contribution in [0.15, 0.2) is 47.4 Å². The average molecular weight is 404 g/mol. The van der Waals surface area contributed by atoms with E-state index in [9.17, 15) is 8.42 Å². The van der Waals surface area contributed by atoms with Crippen LogP contribution < -0.4 is 10.6 Å². The molecule has 0 bridgehead atoms. The van der Waals surface area contributed by atoms with Gasteiger partial charge in [0.05, 0.1) is 5.69 Å². The normalized spacial score (nSPS) is 15.3. The van der Waals surface area contributed by atoms with Gasteiger partial charge in [-0.15, -0.1) is 0 Å². The van der Waals surface area contributed by atoms with Gasteiger partial charge in [0.2, 0.25) is 10.0 Å². The lowest BCUT2D eigenvalue weighted by Gasteiger charge is -2.27. The number of thiocarbonyl (C=S) groups is 1. The Hall–Kier alpha value is -1.96. The Balaban J connectivity index is 1.86. The van der Waals surface area contributed by atoms with Crippen LogP contribution in [-0.2, 0) is 10.0 Å². The highest BCUT2D eigenvalue weighted by atomic mass is 32.2. The van der Waals surface area contributed by atoms with Gasteiger partial charge < -0.3 is 10.6 Å². The Labute approximate surface area is 166 Å². The smallest absolute Gasteiger partial charge is 0.245 e. The van der Waals surface area contributed by atoms with E-state index in [2.05, 4.69) is 10.6 Å². The molecular weight excluding hydrogens is 378 g/mol. The Bertz CT molecular complexity index is 936. The van der Waals surface area contributed by atoms with Gasteiger partial charge >= 0.3 is 0 Å². The molecule has 2 N–H and O–H groups in total. The van der Waals surface area contributed by atoms with Gasteiger partial charge in [-0.1, -0.05) is 30.7 Å². The highest BCUT2D eigenvalue weighted by Gasteiger charge is 2.28. The predicted molar refractivity (Wildman–Crippen MR) is 115 cm³/mol. The molecule has 27 heavy (non-hydrogen) atoms. The molecule has 3 rings (SSSR count). The van der Waals surface area contributed by atoms with Crippen molar-refractivity contribution in [3.63, 3.8) is 0 Å². The van der Waals surface area contributed by atoms with Gasteiger partial charge in [-0.3, -0.25) is 0 Å². The van der Waals surface area contributed by atoms with Crippen molar-refractivity contribution in [1.82, 2.24) is 4.31 Å². The zero-order valence-electron chi connectivity index (χ0n) is 15.7. The minimum absolute atomic E-state index is 0.276. The maximum atomic E-state index is 13.2. The summed E-state index contributed by atoms with van der Waals surface area (Å²) in [4.78, 5) is 0.276. The van der Waals surface area contributed by atoms with E-state index >= 15 is 0 Å². The maximum absolute atomic E-state index is 13.2. The van der Waals surface area contributed by atoms with Crippen LogP contribution in [0.25, 0.3) is 0 Å². The molecule has 0 atom stereocenters.